The van der Waals surface area contributed by atoms with Gasteiger partial charge in [-0.05, 0) is 44.9 Å². The summed E-state index contributed by atoms with van der Waals surface area (Å²) in [5, 5.41) is 10.5. The SMILES string of the molecule is CC(C)(O)C1CCCN1S(=O)(=O)c1cccc(Cl)c1. The second kappa shape index (κ2) is 5.05. The van der Waals surface area contributed by atoms with Crippen molar-refractivity contribution >= 4 is 21.6 Å². The molecular weight excluding hydrogens is 286 g/mol. The van der Waals surface area contributed by atoms with E-state index in [1.165, 1.54) is 16.4 Å². The summed E-state index contributed by atoms with van der Waals surface area (Å²) in [6.45, 7) is 3.72. The van der Waals surface area contributed by atoms with Crippen molar-refractivity contribution in [1.29, 1.82) is 0 Å². The number of rotatable bonds is 3. The van der Waals surface area contributed by atoms with Gasteiger partial charge >= 0.3 is 0 Å². The van der Waals surface area contributed by atoms with Gasteiger partial charge in [0.05, 0.1) is 16.5 Å². The maximum absolute atomic E-state index is 12.6. The lowest BCUT2D eigenvalue weighted by Crippen LogP contribution is -2.48. The van der Waals surface area contributed by atoms with Gasteiger partial charge in [-0.25, -0.2) is 8.42 Å². The molecule has 0 radical (unpaired) electrons. The van der Waals surface area contributed by atoms with Crippen LogP contribution in [0.25, 0.3) is 0 Å². The van der Waals surface area contributed by atoms with Crippen molar-refractivity contribution in [2.45, 2.75) is 43.2 Å². The van der Waals surface area contributed by atoms with E-state index in [0.29, 0.717) is 18.0 Å². The van der Waals surface area contributed by atoms with E-state index in [0.717, 1.165) is 6.42 Å². The molecule has 0 saturated carbocycles. The molecule has 1 unspecified atom stereocenters. The van der Waals surface area contributed by atoms with E-state index in [-0.39, 0.29) is 4.90 Å². The van der Waals surface area contributed by atoms with Crippen LogP contribution in [0.3, 0.4) is 0 Å². The van der Waals surface area contributed by atoms with Crippen LogP contribution in [0.2, 0.25) is 5.02 Å². The molecule has 0 amide bonds. The lowest BCUT2D eigenvalue weighted by atomic mass is 9.98. The fraction of sp³-hybridized carbons (Fsp3) is 0.538. The summed E-state index contributed by atoms with van der Waals surface area (Å²) >= 11 is 5.85. The predicted molar refractivity (Wildman–Crippen MR) is 74.7 cm³/mol. The van der Waals surface area contributed by atoms with Crippen LogP contribution in [0.1, 0.15) is 26.7 Å². The van der Waals surface area contributed by atoms with Gasteiger partial charge in [-0.3, -0.25) is 0 Å². The van der Waals surface area contributed by atoms with Crippen LogP contribution in [0.4, 0.5) is 0 Å². The first-order valence-corrected chi connectivity index (χ1v) is 8.04. The van der Waals surface area contributed by atoms with Crippen molar-refractivity contribution in [3.8, 4) is 0 Å². The number of sulfonamides is 1. The summed E-state index contributed by atoms with van der Waals surface area (Å²) in [5.74, 6) is 0. The molecule has 4 nitrogen and oxygen atoms in total. The first-order chi connectivity index (χ1) is 8.73. The number of aliphatic hydroxyl groups is 1. The third kappa shape index (κ3) is 2.94. The van der Waals surface area contributed by atoms with Crippen LogP contribution in [-0.2, 0) is 10.0 Å². The molecule has 1 aromatic rings. The quantitative estimate of drug-likeness (QED) is 0.932. The van der Waals surface area contributed by atoms with Gasteiger partial charge in [0, 0.05) is 11.6 Å². The number of hydrogen-bond donors (Lipinski definition) is 1. The zero-order chi connectivity index (χ0) is 14.3. The van der Waals surface area contributed by atoms with Gasteiger partial charge in [-0.15, -0.1) is 0 Å². The molecule has 1 N–H and O–H groups in total. The molecule has 0 bridgehead atoms. The highest BCUT2D eigenvalue weighted by Crippen LogP contribution is 2.32. The monoisotopic (exact) mass is 303 g/mol. The van der Waals surface area contributed by atoms with Crippen molar-refractivity contribution in [2.24, 2.45) is 0 Å². The second-order valence-electron chi connectivity index (χ2n) is 5.38. The van der Waals surface area contributed by atoms with Crippen LogP contribution < -0.4 is 0 Å². The second-order valence-corrected chi connectivity index (χ2v) is 7.71. The highest BCUT2D eigenvalue weighted by atomic mass is 35.5. The van der Waals surface area contributed by atoms with Gasteiger partial charge in [0.1, 0.15) is 0 Å². The van der Waals surface area contributed by atoms with E-state index in [1.54, 1.807) is 26.0 Å². The number of halogens is 1. The van der Waals surface area contributed by atoms with Crippen LogP contribution in [0.15, 0.2) is 29.2 Å². The van der Waals surface area contributed by atoms with E-state index in [1.807, 2.05) is 0 Å². The summed E-state index contributed by atoms with van der Waals surface area (Å²) < 4.78 is 26.6. The van der Waals surface area contributed by atoms with E-state index in [9.17, 15) is 13.5 Å². The van der Waals surface area contributed by atoms with Gasteiger partial charge in [0.2, 0.25) is 10.0 Å². The zero-order valence-electron chi connectivity index (χ0n) is 11.0. The molecule has 0 spiro atoms. The molecule has 1 atom stereocenters. The highest BCUT2D eigenvalue weighted by Gasteiger charge is 2.42. The summed E-state index contributed by atoms with van der Waals surface area (Å²) in [4.78, 5) is 0.177. The predicted octanol–water partition coefficient (Wildman–Crippen LogP) is 2.26. The molecular formula is C13H18ClNO3S. The summed E-state index contributed by atoms with van der Waals surface area (Å²) in [6.07, 6.45) is 1.43. The average Bonchev–Trinajstić information content (AvgIpc) is 2.78. The maximum atomic E-state index is 12.6. The third-order valence-electron chi connectivity index (χ3n) is 3.42. The van der Waals surface area contributed by atoms with Gasteiger partial charge in [0.25, 0.3) is 0 Å². The Morgan fingerprint density at radius 3 is 2.68 bits per heavy atom. The molecule has 1 fully saturated rings. The van der Waals surface area contributed by atoms with Crippen LogP contribution in [0.5, 0.6) is 0 Å². The molecule has 0 aliphatic carbocycles. The van der Waals surface area contributed by atoms with Crippen molar-refractivity contribution < 1.29 is 13.5 Å². The van der Waals surface area contributed by atoms with Gasteiger partial charge in [-0.2, -0.15) is 4.31 Å². The molecule has 0 aromatic heterocycles. The Kier molecular flexibility index (Phi) is 3.93. The Hall–Kier alpha value is -0.620. The molecule has 6 heteroatoms. The number of nitrogens with zero attached hydrogens (tertiary/aromatic N) is 1. The first-order valence-electron chi connectivity index (χ1n) is 6.23. The fourth-order valence-electron chi connectivity index (χ4n) is 2.50. The lowest BCUT2D eigenvalue weighted by Gasteiger charge is -2.33. The lowest BCUT2D eigenvalue weighted by molar-refractivity contribution is 0.0215. The van der Waals surface area contributed by atoms with Crippen molar-refractivity contribution in [3.63, 3.8) is 0 Å². The largest absolute Gasteiger partial charge is 0.389 e. The Bertz CT molecular complexity index is 565. The summed E-state index contributed by atoms with van der Waals surface area (Å²) in [7, 11) is -3.60. The van der Waals surface area contributed by atoms with E-state index in [2.05, 4.69) is 0 Å². The van der Waals surface area contributed by atoms with Gasteiger partial charge in [-0.1, -0.05) is 17.7 Å². The molecule has 1 aromatic carbocycles. The zero-order valence-corrected chi connectivity index (χ0v) is 12.6. The molecule has 1 aliphatic heterocycles. The van der Waals surface area contributed by atoms with Crippen LogP contribution in [-0.4, -0.2) is 36.0 Å². The smallest absolute Gasteiger partial charge is 0.243 e. The van der Waals surface area contributed by atoms with E-state index >= 15 is 0 Å². The third-order valence-corrected chi connectivity index (χ3v) is 5.56. The number of hydrogen-bond acceptors (Lipinski definition) is 3. The molecule has 2 rings (SSSR count). The topological polar surface area (TPSA) is 57.6 Å². The average molecular weight is 304 g/mol. The standard InChI is InChI=1S/C13H18ClNO3S/c1-13(2,16)12-7-4-8-15(12)19(17,18)11-6-3-5-10(14)9-11/h3,5-6,9,12,16H,4,7-8H2,1-2H3. The molecule has 1 saturated heterocycles. The summed E-state index contributed by atoms with van der Waals surface area (Å²) in [5.41, 5.74) is -1.05. The summed E-state index contributed by atoms with van der Waals surface area (Å²) in [6, 6.07) is 5.83. The van der Waals surface area contributed by atoms with E-state index in [4.69, 9.17) is 11.6 Å². The minimum atomic E-state index is -3.60. The van der Waals surface area contributed by atoms with Crippen LogP contribution in [0, 0.1) is 0 Å². The Morgan fingerprint density at radius 2 is 2.11 bits per heavy atom. The first kappa shape index (κ1) is 14.8. The maximum Gasteiger partial charge on any atom is 0.243 e. The molecule has 1 heterocycles. The minimum Gasteiger partial charge on any atom is -0.389 e. The fourth-order valence-corrected chi connectivity index (χ4v) is 4.62. The van der Waals surface area contributed by atoms with Crippen molar-refractivity contribution in [1.82, 2.24) is 4.31 Å². The minimum absolute atomic E-state index is 0.177. The van der Waals surface area contributed by atoms with E-state index < -0.39 is 21.7 Å². The highest BCUT2D eigenvalue weighted by molar-refractivity contribution is 7.89. The number of benzene rings is 1. The van der Waals surface area contributed by atoms with Crippen LogP contribution >= 0.6 is 11.6 Å². The Labute approximate surface area is 119 Å². The molecule has 106 valence electrons. The van der Waals surface area contributed by atoms with Crippen molar-refractivity contribution in [2.75, 3.05) is 6.54 Å². The Morgan fingerprint density at radius 1 is 1.42 bits per heavy atom. The normalized spacial score (nSPS) is 21.8. The Balaban J connectivity index is 2.40. The van der Waals surface area contributed by atoms with Gasteiger partial charge < -0.3 is 5.11 Å². The van der Waals surface area contributed by atoms with Gasteiger partial charge in [0.15, 0.2) is 0 Å². The molecule has 19 heavy (non-hydrogen) atoms. The van der Waals surface area contributed by atoms with Crippen molar-refractivity contribution in [3.05, 3.63) is 29.3 Å². The molecule has 1 aliphatic rings.